The van der Waals surface area contributed by atoms with Crippen LogP contribution >= 0.6 is 0 Å². The second-order valence-electron chi connectivity index (χ2n) is 5.19. The van der Waals surface area contributed by atoms with Gasteiger partial charge in [-0.3, -0.25) is 0 Å². The van der Waals surface area contributed by atoms with Crippen molar-refractivity contribution in [2.24, 2.45) is 0 Å². The van der Waals surface area contributed by atoms with Gasteiger partial charge in [-0.2, -0.15) is 0 Å². The van der Waals surface area contributed by atoms with Crippen molar-refractivity contribution in [3.63, 3.8) is 0 Å². The second-order valence-corrected chi connectivity index (χ2v) is 5.19. The van der Waals surface area contributed by atoms with E-state index in [0.29, 0.717) is 6.04 Å². The summed E-state index contributed by atoms with van der Waals surface area (Å²) >= 11 is 0. The van der Waals surface area contributed by atoms with Crippen LogP contribution in [0, 0.1) is 6.92 Å². The molecule has 1 rings (SSSR count). The van der Waals surface area contributed by atoms with E-state index in [1.807, 2.05) is 0 Å². The van der Waals surface area contributed by atoms with Gasteiger partial charge in [0.1, 0.15) is 5.75 Å². The Hall–Kier alpha value is -1.02. The molecule has 0 aromatic heterocycles. The van der Waals surface area contributed by atoms with Crippen LogP contribution in [0.25, 0.3) is 0 Å². The molecule has 19 heavy (non-hydrogen) atoms. The lowest BCUT2D eigenvalue weighted by Gasteiger charge is -2.19. The molecule has 2 nitrogen and oxygen atoms in total. The molecule has 0 heterocycles. The molecule has 0 fully saturated rings. The van der Waals surface area contributed by atoms with Crippen molar-refractivity contribution in [3.8, 4) is 5.75 Å². The monoisotopic (exact) mass is 263 g/mol. The zero-order chi connectivity index (χ0) is 14.1. The van der Waals surface area contributed by atoms with Crippen molar-refractivity contribution < 1.29 is 4.74 Å². The number of hydrogen-bond acceptors (Lipinski definition) is 2. The van der Waals surface area contributed by atoms with Crippen LogP contribution in [-0.4, -0.2) is 13.7 Å². The summed E-state index contributed by atoms with van der Waals surface area (Å²) in [6.45, 7) is 7.53. The Morgan fingerprint density at radius 3 is 2.58 bits per heavy atom. The number of aryl methyl sites for hydroxylation is 1. The van der Waals surface area contributed by atoms with E-state index in [9.17, 15) is 0 Å². The van der Waals surface area contributed by atoms with E-state index >= 15 is 0 Å². The molecule has 2 heteroatoms. The van der Waals surface area contributed by atoms with E-state index < -0.39 is 0 Å². The number of rotatable bonds is 9. The lowest BCUT2D eigenvalue weighted by molar-refractivity contribution is 0.408. The molecular weight excluding hydrogens is 234 g/mol. The first-order valence-electron chi connectivity index (χ1n) is 7.60. The van der Waals surface area contributed by atoms with Gasteiger partial charge >= 0.3 is 0 Å². The van der Waals surface area contributed by atoms with Gasteiger partial charge < -0.3 is 10.1 Å². The van der Waals surface area contributed by atoms with Crippen LogP contribution in [0.15, 0.2) is 18.2 Å². The first-order valence-corrected chi connectivity index (χ1v) is 7.60. The predicted molar refractivity (Wildman–Crippen MR) is 82.9 cm³/mol. The zero-order valence-electron chi connectivity index (χ0n) is 13.0. The molecule has 1 atom stereocenters. The minimum atomic E-state index is 0.455. The highest BCUT2D eigenvalue weighted by atomic mass is 16.5. The fourth-order valence-electron chi connectivity index (χ4n) is 2.46. The van der Waals surface area contributed by atoms with E-state index in [0.717, 1.165) is 12.3 Å². The van der Waals surface area contributed by atoms with E-state index in [1.165, 1.54) is 43.2 Å². The maximum atomic E-state index is 5.43. The number of benzene rings is 1. The summed E-state index contributed by atoms with van der Waals surface area (Å²) in [7, 11) is 1.75. The molecule has 0 radical (unpaired) electrons. The molecule has 108 valence electrons. The first-order chi connectivity index (χ1) is 9.22. The highest BCUT2D eigenvalue weighted by Crippen LogP contribution is 2.26. The Labute approximate surface area is 118 Å². The topological polar surface area (TPSA) is 21.3 Å². The lowest BCUT2D eigenvalue weighted by atomic mass is 9.98. The van der Waals surface area contributed by atoms with Gasteiger partial charge in [-0.25, -0.2) is 0 Å². The van der Waals surface area contributed by atoms with Gasteiger partial charge in [0.2, 0.25) is 0 Å². The van der Waals surface area contributed by atoms with Gasteiger partial charge in [0.15, 0.2) is 0 Å². The minimum absolute atomic E-state index is 0.455. The Morgan fingerprint density at radius 1 is 1.16 bits per heavy atom. The molecule has 0 aliphatic carbocycles. The largest absolute Gasteiger partial charge is 0.496 e. The molecule has 0 amide bonds. The summed E-state index contributed by atoms with van der Waals surface area (Å²) in [6.07, 6.45) is 6.48. The summed E-state index contributed by atoms with van der Waals surface area (Å²) in [5.74, 6) is 0.994. The minimum Gasteiger partial charge on any atom is -0.496 e. The Balaban J connectivity index is 2.68. The third kappa shape index (κ3) is 5.23. The standard InChI is InChI=1S/C17H29NO/c1-5-7-8-9-10-16(18-6-2)15-12-11-14(3)17(13-15)19-4/h11-13,16,18H,5-10H2,1-4H3. The lowest BCUT2D eigenvalue weighted by Crippen LogP contribution is -2.21. The summed E-state index contributed by atoms with van der Waals surface area (Å²) in [5, 5.41) is 3.59. The number of hydrogen-bond donors (Lipinski definition) is 1. The first kappa shape index (κ1) is 16.0. The molecule has 0 aliphatic rings. The molecule has 0 saturated carbocycles. The van der Waals surface area contributed by atoms with Crippen LogP contribution in [0.5, 0.6) is 5.75 Å². The van der Waals surface area contributed by atoms with Gasteiger partial charge in [-0.1, -0.05) is 51.7 Å². The molecule has 1 N–H and O–H groups in total. The number of ether oxygens (including phenoxy) is 1. The molecule has 0 saturated heterocycles. The highest BCUT2D eigenvalue weighted by molar-refractivity contribution is 5.37. The Morgan fingerprint density at radius 2 is 1.95 bits per heavy atom. The van der Waals surface area contributed by atoms with Crippen molar-refractivity contribution in [2.75, 3.05) is 13.7 Å². The molecule has 1 aromatic carbocycles. The Bertz CT molecular complexity index is 362. The average Bonchev–Trinajstić information content (AvgIpc) is 2.43. The molecule has 0 spiro atoms. The molecular formula is C17H29NO. The quantitative estimate of drug-likeness (QED) is 0.656. The smallest absolute Gasteiger partial charge is 0.122 e. The van der Waals surface area contributed by atoms with Gasteiger partial charge in [0.25, 0.3) is 0 Å². The fraction of sp³-hybridized carbons (Fsp3) is 0.647. The average molecular weight is 263 g/mol. The van der Waals surface area contributed by atoms with Crippen LogP contribution in [0.2, 0.25) is 0 Å². The number of nitrogens with one attached hydrogen (secondary N) is 1. The van der Waals surface area contributed by atoms with Gasteiger partial charge in [0, 0.05) is 6.04 Å². The van der Waals surface area contributed by atoms with Crippen molar-refractivity contribution in [1.82, 2.24) is 5.32 Å². The van der Waals surface area contributed by atoms with Gasteiger partial charge in [0.05, 0.1) is 7.11 Å². The third-order valence-electron chi connectivity index (χ3n) is 3.63. The summed E-state index contributed by atoms with van der Waals surface area (Å²) in [5.41, 5.74) is 2.55. The van der Waals surface area contributed by atoms with Crippen molar-refractivity contribution in [2.45, 2.75) is 58.9 Å². The predicted octanol–water partition coefficient (Wildman–Crippen LogP) is 4.62. The van der Waals surface area contributed by atoms with E-state index in [2.05, 4.69) is 44.3 Å². The van der Waals surface area contributed by atoms with Crippen molar-refractivity contribution in [1.29, 1.82) is 0 Å². The molecule has 0 aliphatic heterocycles. The fourth-order valence-corrected chi connectivity index (χ4v) is 2.46. The summed E-state index contributed by atoms with van der Waals surface area (Å²) in [4.78, 5) is 0. The van der Waals surface area contributed by atoms with Crippen LogP contribution < -0.4 is 10.1 Å². The highest BCUT2D eigenvalue weighted by Gasteiger charge is 2.11. The SMILES string of the molecule is CCCCCCC(NCC)c1ccc(C)c(OC)c1. The maximum absolute atomic E-state index is 5.43. The third-order valence-corrected chi connectivity index (χ3v) is 3.63. The van der Waals surface area contributed by atoms with Crippen LogP contribution in [0.3, 0.4) is 0 Å². The summed E-state index contributed by atoms with van der Waals surface area (Å²) < 4.78 is 5.43. The molecule has 1 unspecified atom stereocenters. The number of unbranched alkanes of at least 4 members (excludes halogenated alkanes) is 3. The van der Waals surface area contributed by atoms with Crippen LogP contribution in [-0.2, 0) is 0 Å². The van der Waals surface area contributed by atoms with E-state index in [1.54, 1.807) is 7.11 Å². The van der Waals surface area contributed by atoms with Crippen molar-refractivity contribution >= 4 is 0 Å². The van der Waals surface area contributed by atoms with Gasteiger partial charge in [-0.05, 0) is 37.1 Å². The number of methoxy groups -OCH3 is 1. The van der Waals surface area contributed by atoms with E-state index in [4.69, 9.17) is 4.74 Å². The summed E-state index contributed by atoms with van der Waals surface area (Å²) in [6, 6.07) is 7.02. The Kier molecular flexibility index (Phi) is 7.57. The zero-order valence-corrected chi connectivity index (χ0v) is 13.0. The van der Waals surface area contributed by atoms with Crippen LogP contribution in [0.1, 0.15) is 63.1 Å². The van der Waals surface area contributed by atoms with E-state index in [-0.39, 0.29) is 0 Å². The van der Waals surface area contributed by atoms with Crippen LogP contribution in [0.4, 0.5) is 0 Å². The molecule has 0 bridgehead atoms. The molecule has 1 aromatic rings. The maximum Gasteiger partial charge on any atom is 0.122 e. The van der Waals surface area contributed by atoms with Gasteiger partial charge in [-0.15, -0.1) is 0 Å². The van der Waals surface area contributed by atoms with Crippen molar-refractivity contribution in [3.05, 3.63) is 29.3 Å². The normalized spacial score (nSPS) is 12.4. The second kappa shape index (κ2) is 8.98.